The lowest BCUT2D eigenvalue weighted by molar-refractivity contribution is -0.132. The topological polar surface area (TPSA) is 49.4 Å². The number of fused-ring (bicyclic) bond motifs is 1. The van der Waals surface area contributed by atoms with Gasteiger partial charge in [0.05, 0.1) is 5.92 Å². The van der Waals surface area contributed by atoms with Crippen LogP contribution in [-0.2, 0) is 9.59 Å². The first-order valence-electron chi connectivity index (χ1n) is 6.49. The fourth-order valence-corrected chi connectivity index (χ4v) is 2.63. The summed E-state index contributed by atoms with van der Waals surface area (Å²) in [5, 5.41) is 2.86. The highest BCUT2D eigenvalue weighted by atomic mass is 16.2. The van der Waals surface area contributed by atoms with Crippen LogP contribution in [0.3, 0.4) is 0 Å². The van der Waals surface area contributed by atoms with Gasteiger partial charge in [0.15, 0.2) is 0 Å². The summed E-state index contributed by atoms with van der Waals surface area (Å²) in [6, 6.07) is 5.88. The van der Waals surface area contributed by atoms with Gasteiger partial charge in [-0.25, -0.2) is 0 Å². The van der Waals surface area contributed by atoms with Gasteiger partial charge in [-0.2, -0.15) is 0 Å². The lowest BCUT2D eigenvalue weighted by Crippen LogP contribution is -2.30. The molecule has 2 aliphatic heterocycles. The zero-order valence-corrected chi connectivity index (χ0v) is 10.8. The summed E-state index contributed by atoms with van der Waals surface area (Å²) in [4.78, 5) is 25.9. The Balaban J connectivity index is 1.78. The van der Waals surface area contributed by atoms with E-state index in [1.807, 2.05) is 37.3 Å². The average molecular weight is 256 g/mol. The molecule has 0 saturated carbocycles. The van der Waals surface area contributed by atoms with Crippen LogP contribution in [0.15, 0.2) is 30.4 Å². The first-order chi connectivity index (χ1) is 9.15. The summed E-state index contributed by atoms with van der Waals surface area (Å²) >= 11 is 0. The average Bonchev–Trinajstić information content (AvgIpc) is 2.98. The van der Waals surface area contributed by atoms with E-state index in [1.54, 1.807) is 4.90 Å². The molecule has 2 aliphatic rings. The van der Waals surface area contributed by atoms with Crippen molar-refractivity contribution >= 4 is 17.5 Å². The van der Waals surface area contributed by atoms with Gasteiger partial charge >= 0.3 is 0 Å². The molecular formula is C15H16N2O2. The van der Waals surface area contributed by atoms with E-state index in [2.05, 4.69) is 5.32 Å². The van der Waals surface area contributed by atoms with E-state index in [-0.39, 0.29) is 24.2 Å². The van der Waals surface area contributed by atoms with E-state index in [4.69, 9.17) is 0 Å². The smallest absolute Gasteiger partial charge is 0.232 e. The molecule has 0 saturated heterocycles. The van der Waals surface area contributed by atoms with Crippen molar-refractivity contribution in [1.29, 1.82) is 0 Å². The molecule has 4 nitrogen and oxygen atoms in total. The van der Waals surface area contributed by atoms with Crippen molar-refractivity contribution in [2.24, 2.45) is 0 Å². The maximum Gasteiger partial charge on any atom is 0.232 e. The third-order valence-electron chi connectivity index (χ3n) is 3.71. The molecule has 0 fully saturated rings. The Labute approximate surface area is 112 Å². The van der Waals surface area contributed by atoms with Gasteiger partial charge in [0.25, 0.3) is 0 Å². The summed E-state index contributed by atoms with van der Waals surface area (Å²) < 4.78 is 0. The van der Waals surface area contributed by atoms with Crippen molar-refractivity contribution in [3.8, 4) is 0 Å². The van der Waals surface area contributed by atoms with Crippen LogP contribution in [0.1, 0.15) is 23.5 Å². The van der Waals surface area contributed by atoms with Gasteiger partial charge in [-0.15, -0.1) is 0 Å². The van der Waals surface area contributed by atoms with Crippen LogP contribution in [0, 0.1) is 6.92 Å². The monoisotopic (exact) mass is 256 g/mol. The van der Waals surface area contributed by atoms with Crippen LogP contribution in [0.25, 0.3) is 0 Å². The molecule has 98 valence electrons. The standard InChI is InChI=1S/C15H16N2O2/c1-10-4-5-11-12(15(19)16-13(11)8-10)9-14(18)17-6-2-3-7-17/h2-5,8,12H,6-7,9H2,1H3,(H,16,19). The molecular weight excluding hydrogens is 240 g/mol. The van der Waals surface area contributed by atoms with Crippen LogP contribution in [0.5, 0.6) is 0 Å². The molecule has 0 spiro atoms. The van der Waals surface area contributed by atoms with Gasteiger partial charge in [-0.3, -0.25) is 9.59 Å². The number of amides is 2. The number of nitrogens with zero attached hydrogens (tertiary/aromatic N) is 1. The Hall–Kier alpha value is -2.10. The quantitative estimate of drug-likeness (QED) is 0.820. The van der Waals surface area contributed by atoms with E-state index in [0.29, 0.717) is 13.1 Å². The normalized spacial score (nSPS) is 20.6. The number of carbonyl (C=O) groups is 2. The van der Waals surface area contributed by atoms with Gasteiger partial charge in [0.2, 0.25) is 11.8 Å². The molecule has 0 radical (unpaired) electrons. The zero-order valence-electron chi connectivity index (χ0n) is 10.8. The maximum absolute atomic E-state index is 12.1. The van der Waals surface area contributed by atoms with Crippen molar-refractivity contribution < 1.29 is 9.59 Å². The van der Waals surface area contributed by atoms with E-state index in [0.717, 1.165) is 16.8 Å². The Bertz CT molecular complexity index is 570. The fraction of sp³-hybridized carbons (Fsp3) is 0.333. The Kier molecular flexibility index (Phi) is 2.85. The molecule has 1 N–H and O–H groups in total. The minimum atomic E-state index is -0.344. The molecule has 1 aromatic carbocycles. The highest BCUT2D eigenvalue weighted by molar-refractivity contribution is 6.05. The summed E-state index contributed by atoms with van der Waals surface area (Å²) in [5.41, 5.74) is 2.90. The van der Waals surface area contributed by atoms with E-state index >= 15 is 0 Å². The highest BCUT2D eigenvalue weighted by Crippen LogP contribution is 2.35. The molecule has 0 bridgehead atoms. The van der Waals surface area contributed by atoms with Crippen molar-refractivity contribution in [3.05, 3.63) is 41.5 Å². The number of nitrogens with one attached hydrogen (secondary N) is 1. The summed E-state index contributed by atoms with van der Waals surface area (Å²) in [6.45, 7) is 3.31. The van der Waals surface area contributed by atoms with Crippen molar-refractivity contribution in [1.82, 2.24) is 4.90 Å². The second-order valence-corrected chi connectivity index (χ2v) is 5.11. The van der Waals surface area contributed by atoms with Crippen LogP contribution < -0.4 is 5.32 Å². The molecule has 1 atom stereocenters. The predicted octanol–water partition coefficient (Wildman–Crippen LogP) is 1.82. The Morgan fingerprint density at radius 2 is 2.11 bits per heavy atom. The van der Waals surface area contributed by atoms with Crippen LogP contribution in [0.4, 0.5) is 5.69 Å². The lowest BCUT2D eigenvalue weighted by atomic mass is 9.96. The molecule has 3 rings (SSSR count). The number of benzene rings is 1. The van der Waals surface area contributed by atoms with Crippen LogP contribution in [0.2, 0.25) is 0 Å². The van der Waals surface area contributed by atoms with Crippen molar-refractivity contribution in [2.45, 2.75) is 19.3 Å². The first kappa shape index (κ1) is 12.0. The Morgan fingerprint density at radius 3 is 2.84 bits per heavy atom. The summed E-state index contributed by atoms with van der Waals surface area (Å²) in [7, 11) is 0. The lowest BCUT2D eigenvalue weighted by Gasteiger charge is -2.17. The highest BCUT2D eigenvalue weighted by Gasteiger charge is 2.33. The largest absolute Gasteiger partial charge is 0.335 e. The minimum Gasteiger partial charge on any atom is -0.335 e. The molecule has 1 aromatic rings. The molecule has 4 heteroatoms. The Morgan fingerprint density at radius 1 is 1.37 bits per heavy atom. The number of rotatable bonds is 2. The van der Waals surface area contributed by atoms with Gasteiger partial charge in [0.1, 0.15) is 0 Å². The molecule has 2 amide bonds. The molecule has 19 heavy (non-hydrogen) atoms. The van der Waals surface area contributed by atoms with E-state index < -0.39 is 0 Å². The van der Waals surface area contributed by atoms with Gasteiger partial charge < -0.3 is 10.2 Å². The van der Waals surface area contributed by atoms with Crippen LogP contribution >= 0.6 is 0 Å². The SMILES string of the molecule is Cc1ccc2c(c1)NC(=O)C2CC(=O)N1CC=CC1. The van der Waals surface area contributed by atoms with E-state index in [9.17, 15) is 9.59 Å². The van der Waals surface area contributed by atoms with Crippen molar-refractivity contribution in [3.63, 3.8) is 0 Å². The van der Waals surface area contributed by atoms with Gasteiger partial charge in [-0.1, -0.05) is 24.3 Å². The predicted molar refractivity (Wildman–Crippen MR) is 72.9 cm³/mol. The number of hydrogen-bond acceptors (Lipinski definition) is 2. The second-order valence-electron chi connectivity index (χ2n) is 5.11. The second kappa shape index (κ2) is 4.53. The third kappa shape index (κ3) is 2.14. The molecule has 1 unspecified atom stereocenters. The van der Waals surface area contributed by atoms with Crippen LogP contribution in [-0.4, -0.2) is 29.8 Å². The van der Waals surface area contributed by atoms with E-state index in [1.165, 1.54) is 0 Å². The van der Waals surface area contributed by atoms with Crippen molar-refractivity contribution in [2.75, 3.05) is 18.4 Å². The summed E-state index contributed by atoms with van der Waals surface area (Å²) in [5.74, 6) is -0.372. The number of hydrogen-bond donors (Lipinski definition) is 1. The minimum absolute atomic E-state index is 0.0403. The van der Waals surface area contributed by atoms with Gasteiger partial charge in [-0.05, 0) is 24.1 Å². The first-order valence-corrected chi connectivity index (χ1v) is 6.49. The number of anilines is 1. The number of aryl methyl sites for hydroxylation is 1. The molecule has 2 heterocycles. The molecule has 0 aliphatic carbocycles. The third-order valence-corrected chi connectivity index (χ3v) is 3.71. The van der Waals surface area contributed by atoms with Gasteiger partial charge in [0, 0.05) is 25.2 Å². The summed E-state index contributed by atoms with van der Waals surface area (Å²) in [6.07, 6.45) is 4.21. The maximum atomic E-state index is 12.1. The number of carbonyl (C=O) groups excluding carboxylic acids is 2. The molecule has 0 aromatic heterocycles. The fourth-order valence-electron chi connectivity index (χ4n) is 2.63. The zero-order chi connectivity index (χ0) is 13.4.